The largest absolute Gasteiger partial charge is 0.489 e. The molecule has 8 heteroatoms. The van der Waals surface area contributed by atoms with Crippen molar-refractivity contribution in [2.24, 2.45) is 11.3 Å². The molecule has 4 rings (SSSR count). The Bertz CT molecular complexity index is 1160. The van der Waals surface area contributed by atoms with Crippen molar-refractivity contribution in [3.63, 3.8) is 0 Å². The lowest BCUT2D eigenvalue weighted by atomic mass is 9.66. The Hall–Kier alpha value is -2.92. The van der Waals surface area contributed by atoms with Crippen LogP contribution in [0.1, 0.15) is 100 Å². The number of carbonyl (C=O) groups excluding carboxylic acids is 1. The number of hydrogen-bond donors (Lipinski definition) is 1. The quantitative estimate of drug-likeness (QED) is 0.445. The van der Waals surface area contributed by atoms with E-state index in [9.17, 15) is 14.7 Å². The third-order valence-electron chi connectivity index (χ3n) is 7.48. The molecule has 7 nitrogen and oxygen atoms in total. The first-order chi connectivity index (χ1) is 17.6. The van der Waals surface area contributed by atoms with Crippen molar-refractivity contribution in [3.05, 3.63) is 34.3 Å². The Balaban J connectivity index is 1.66. The molecule has 0 atom stereocenters. The van der Waals surface area contributed by atoms with Crippen LogP contribution in [0, 0.1) is 23.2 Å². The Morgan fingerprint density at radius 2 is 1.84 bits per heavy atom. The van der Waals surface area contributed by atoms with Gasteiger partial charge in [0.2, 0.25) is 5.91 Å². The van der Waals surface area contributed by atoms with E-state index in [1.807, 2.05) is 37.8 Å². The van der Waals surface area contributed by atoms with E-state index in [-0.39, 0.29) is 28.2 Å². The zero-order valence-electron chi connectivity index (χ0n) is 22.2. The standard InChI is InChI=1S/C29H37N3O4S/c1-20(33)32(25-18-24(12-16-28(2,3)4)37-26(25)27(34)35)29(14-6-5-7-15-29)21-8-10-22(11-9-21)36-23-13-17-30-31-19-23/h13,17-19,21-22H,5-11,14-15H2,1-4H3,(H,34,35). The highest BCUT2D eigenvalue weighted by Gasteiger charge is 2.48. The summed E-state index contributed by atoms with van der Waals surface area (Å²) in [6.45, 7) is 7.65. The van der Waals surface area contributed by atoms with Gasteiger partial charge < -0.3 is 14.7 Å². The highest BCUT2D eigenvalue weighted by molar-refractivity contribution is 7.15. The minimum Gasteiger partial charge on any atom is -0.489 e. The van der Waals surface area contributed by atoms with Crippen LogP contribution in [0.15, 0.2) is 24.5 Å². The first-order valence-electron chi connectivity index (χ1n) is 13.2. The third kappa shape index (κ3) is 6.32. The first kappa shape index (κ1) is 27.1. The Morgan fingerprint density at radius 3 is 2.41 bits per heavy atom. The van der Waals surface area contributed by atoms with E-state index in [0.717, 1.165) is 63.5 Å². The molecular weight excluding hydrogens is 486 g/mol. The number of ether oxygens (including phenoxy) is 1. The molecule has 2 saturated carbocycles. The van der Waals surface area contributed by atoms with E-state index >= 15 is 0 Å². The van der Waals surface area contributed by atoms with Crippen molar-refractivity contribution in [1.29, 1.82) is 0 Å². The monoisotopic (exact) mass is 523 g/mol. The average molecular weight is 524 g/mol. The number of carboxylic acid groups (broad SMARTS) is 1. The summed E-state index contributed by atoms with van der Waals surface area (Å²) in [7, 11) is 0. The fraction of sp³-hybridized carbons (Fsp3) is 0.586. The van der Waals surface area contributed by atoms with Gasteiger partial charge in [-0.25, -0.2) is 4.79 Å². The zero-order valence-corrected chi connectivity index (χ0v) is 23.1. The van der Waals surface area contributed by atoms with Crippen LogP contribution in [0.5, 0.6) is 5.75 Å². The van der Waals surface area contributed by atoms with E-state index in [1.165, 1.54) is 11.3 Å². The van der Waals surface area contributed by atoms with Gasteiger partial charge in [0.1, 0.15) is 10.6 Å². The lowest BCUT2D eigenvalue weighted by Crippen LogP contribution is -2.58. The van der Waals surface area contributed by atoms with Gasteiger partial charge in [0.15, 0.2) is 0 Å². The minimum absolute atomic E-state index is 0.0984. The molecule has 0 aliphatic heterocycles. The number of carboxylic acids is 1. The molecule has 0 aromatic carbocycles. The lowest BCUT2D eigenvalue weighted by Gasteiger charge is -2.52. The summed E-state index contributed by atoms with van der Waals surface area (Å²) in [6.07, 6.45) is 12.0. The average Bonchev–Trinajstić information content (AvgIpc) is 3.28. The van der Waals surface area contributed by atoms with Crippen LogP contribution in [0.4, 0.5) is 5.69 Å². The second-order valence-electron chi connectivity index (χ2n) is 11.3. The van der Waals surface area contributed by atoms with E-state index in [2.05, 4.69) is 22.0 Å². The van der Waals surface area contributed by atoms with Gasteiger partial charge in [-0.2, -0.15) is 10.2 Å². The van der Waals surface area contributed by atoms with Crippen LogP contribution in [0.2, 0.25) is 0 Å². The fourth-order valence-electron chi connectivity index (χ4n) is 5.97. The summed E-state index contributed by atoms with van der Waals surface area (Å²) in [5.41, 5.74) is -0.0926. The van der Waals surface area contributed by atoms with E-state index in [1.54, 1.807) is 19.3 Å². The highest BCUT2D eigenvalue weighted by atomic mass is 32.1. The topological polar surface area (TPSA) is 92.6 Å². The second kappa shape index (κ2) is 11.2. The molecule has 2 aromatic rings. The molecule has 0 bridgehead atoms. The Morgan fingerprint density at radius 1 is 1.14 bits per heavy atom. The highest BCUT2D eigenvalue weighted by Crippen LogP contribution is 2.49. The smallest absolute Gasteiger partial charge is 0.348 e. The first-order valence-corrected chi connectivity index (χ1v) is 14.1. The van der Waals surface area contributed by atoms with Crippen molar-refractivity contribution in [2.75, 3.05) is 4.90 Å². The van der Waals surface area contributed by atoms with Gasteiger partial charge in [0, 0.05) is 18.4 Å². The van der Waals surface area contributed by atoms with Crippen molar-refractivity contribution in [2.45, 2.75) is 97.1 Å². The van der Waals surface area contributed by atoms with Gasteiger partial charge >= 0.3 is 5.97 Å². The van der Waals surface area contributed by atoms with Crippen LogP contribution < -0.4 is 9.64 Å². The molecule has 2 fully saturated rings. The number of nitrogens with zero attached hydrogens (tertiary/aromatic N) is 3. The molecule has 2 aliphatic carbocycles. The van der Waals surface area contributed by atoms with Gasteiger partial charge in [-0.3, -0.25) is 4.79 Å². The maximum absolute atomic E-state index is 13.4. The maximum atomic E-state index is 13.4. The summed E-state index contributed by atoms with van der Waals surface area (Å²) in [5, 5.41) is 17.8. The van der Waals surface area contributed by atoms with E-state index in [0.29, 0.717) is 10.6 Å². The Kier molecular flexibility index (Phi) is 8.23. The normalized spacial score (nSPS) is 21.4. The molecule has 2 heterocycles. The molecule has 0 unspecified atom stereocenters. The van der Waals surface area contributed by atoms with Gasteiger partial charge in [-0.05, 0) is 71.3 Å². The number of amides is 1. The second-order valence-corrected chi connectivity index (χ2v) is 12.4. The number of anilines is 1. The number of thiophene rings is 1. The number of carbonyl (C=O) groups is 2. The van der Waals surface area contributed by atoms with Crippen molar-refractivity contribution < 1.29 is 19.4 Å². The number of hydrogen-bond acceptors (Lipinski definition) is 6. The molecule has 0 saturated heterocycles. The molecule has 37 heavy (non-hydrogen) atoms. The van der Waals surface area contributed by atoms with Crippen molar-refractivity contribution in [1.82, 2.24) is 10.2 Å². The van der Waals surface area contributed by atoms with Gasteiger partial charge in [-0.15, -0.1) is 11.3 Å². The fourth-order valence-corrected chi connectivity index (χ4v) is 6.81. The summed E-state index contributed by atoms with van der Waals surface area (Å²) in [5.74, 6) is 6.26. The molecule has 198 valence electrons. The molecule has 0 spiro atoms. The summed E-state index contributed by atoms with van der Waals surface area (Å²) in [4.78, 5) is 28.4. The molecule has 1 N–H and O–H groups in total. The SMILES string of the molecule is CC(=O)N(c1cc(C#CC(C)(C)C)sc1C(=O)O)C1(C2CCC(Oc3ccnnc3)CC2)CCCCC1. The summed E-state index contributed by atoms with van der Waals surface area (Å²) < 4.78 is 6.15. The molecule has 2 aromatic heterocycles. The Labute approximate surface area is 223 Å². The minimum atomic E-state index is -1.01. The third-order valence-corrected chi connectivity index (χ3v) is 8.51. The van der Waals surface area contributed by atoms with Gasteiger partial charge in [0.05, 0.1) is 34.6 Å². The van der Waals surface area contributed by atoms with Crippen molar-refractivity contribution in [3.8, 4) is 17.6 Å². The molecule has 1 amide bonds. The van der Waals surface area contributed by atoms with E-state index in [4.69, 9.17) is 4.74 Å². The summed E-state index contributed by atoms with van der Waals surface area (Å²) >= 11 is 1.17. The zero-order chi connectivity index (χ0) is 26.6. The van der Waals surface area contributed by atoms with Crippen molar-refractivity contribution >= 4 is 28.9 Å². The van der Waals surface area contributed by atoms with Crippen LogP contribution >= 0.6 is 11.3 Å². The van der Waals surface area contributed by atoms with Crippen LogP contribution in [0.25, 0.3) is 0 Å². The van der Waals surface area contributed by atoms with Crippen LogP contribution in [0.3, 0.4) is 0 Å². The predicted octanol–water partition coefficient (Wildman–Crippen LogP) is 6.33. The number of aromatic nitrogens is 2. The number of rotatable bonds is 6. The predicted molar refractivity (Wildman–Crippen MR) is 145 cm³/mol. The molecular formula is C29H37N3O4S. The van der Waals surface area contributed by atoms with Crippen LogP contribution in [-0.2, 0) is 4.79 Å². The molecule has 0 radical (unpaired) electrons. The van der Waals surface area contributed by atoms with Gasteiger partial charge in [-0.1, -0.05) is 31.1 Å². The number of aromatic carboxylic acids is 1. The van der Waals surface area contributed by atoms with E-state index < -0.39 is 11.5 Å². The maximum Gasteiger partial charge on any atom is 0.348 e. The van der Waals surface area contributed by atoms with Crippen LogP contribution in [-0.4, -0.2) is 38.8 Å². The van der Waals surface area contributed by atoms with Gasteiger partial charge in [0.25, 0.3) is 0 Å². The molecule has 2 aliphatic rings. The summed E-state index contributed by atoms with van der Waals surface area (Å²) in [6, 6.07) is 3.65. The lowest BCUT2D eigenvalue weighted by molar-refractivity contribution is -0.118.